The van der Waals surface area contributed by atoms with Crippen molar-refractivity contribution in [2.24, 2.45) is 0 Å². The zero-order valence-electron chi connectivity index (χ0n) is 11.3. The molecule has 0 radical (unpaired) electrons. The molecule has 0 aliphatic carbocycles. The molecule has 0 spiro atoms. The molecule has 0 saturated carbocycles. The third kappa shape index (κ3) is 5.79. The second-order valence-corrected chi connectivity index (χ2v) is 5.48. The van der Waals surface area contributed by atoms with Gasteiger partial charge in [0.15, 0.2) is 0 Å². The van der Waals surface area contributed by atoms with E-state index in [0.29, 0.717) is 5.56 Å². The molecule has 0 heterocycles. The van der Waals surface area contributed by atoms with Crippen LogP contribution in [0.5, 0.6) is 0 Å². The number of carboxylic acid groups (broad SMARTS) is 1. The maximum Gasteiger partial charge on any atom is 0.421 e. The Labute approximate surface area is 122 Å². The van der Waals surface area contributed by atoms with Gasteiger partial charge in [0, 0.05) is 6.54 Å². The Morgan fingerprint density at radius 3 is 2.43 bits per heavy atom. The van der Waals surface area contributed by atoms with Gasteiger partial charge >= 0.3 is 22.3 Å². The third-order valence-electron chi connectivity index (χ3n) is 2.47. The molecule has 0 aliphatic rings. The molecule has 9 heteroatoms. The number of aliphatic carboxylic acids is 1. The highest BCUT2D eigenvalue weighted by atomic mass is 32.2. The molecule has 1 rings (SSSR count). The summed E-state index contributed by atoms with van der Waals surface area (Å²) in [6.45, 7) is 1.15. The predicted molar refractivity (Wildman–Crippen MR) is 73.9 cm³/mol. The standard InChI is InChI=1S/C12H16N2O6S/c1-2-20-12(17)14-21(18,19)13-8-10(11(15)16)9-6-4-3-5-7-9/h3-7,10,13H,2,8H2,1H3,(H,14,17)(H,15,16). The van der Waals surface area contributed by atoms with Gasteiger partial charge in [-0.25, -0.2) is 9.52 Å². The molecule has 3 N–H and O–H groups in total. The Balaban J connectivity index is 2.70. The summed E-state index contributed by atoms with van der Waals surface area (Å²) in [7, 11) is -4.18. The summed E-state index contributed by atoms with van der Waals surface area (Å²) in [5.41, 5.74) is 0.448. The summed E-state index contributed by atoms with van der Waals surface area (Å²) in [5, 5.41) is 9.14. The zero-order valence-corrected chi connectivity index (χ0v) is 12.1. The first-order valence-corrected chi connectivity index (χ1v) is 7.56. The minimum atomic E-state index is -4.18. The molecule has 21 heavy (non-hydrogen) atoms. The Morgan fingerprint density at radius 1 is 1.29 bits per heavy atom. The first-order chi connectivity index (χ1) is 9.85. The molecule has 8 nitrogen and oxygen atoms in total. The average molecular weight is 316 g/mol. The molecular formula is C12H16N2O6S. The van der Waals surface area contributed by atoms with E-state index in [-0.39, 0.29) is 6.61 Å². The van der Waals surface area contributed by atoms with Gasteiger partial charge in [0.25, 0.3) is 0 Å². The van der Waals surface area contributed by atoms with E-state index < -0.39 is 34.7 Å². The summed E-state index contributed by atoms with van der Waals surface area (Å²) in [6, 6.07) is 8.17. The van der Waals surface area contributed by atoms with Crippen LogP contribution in [0.2, 0.25) is 0 Å². The van der Waals surface area contributed by atoms with Gasteiger partial charge in [-0.3, -0.25) is 4.79 Å². The lowest BCUT2D eigenvalue weighted by Gasteiger charge is -2.14. The van der Waals surface area contributed by atoms with Crippen LogP contribution in [0.15, 0.2) is 30.3 Å². The van der Waals surface area contributed by atoms with Gasteiger partial charge in [-0.2, -0.15) is 13.1 Å². The fourth-order valence-corrected chi connectivity index (χ4v) is 2.27. The fraction of sp³-hybridized carbons (Fsp3) is 0.333. The Morgan fingerprint density at radius 2 is 1.90 bits per heavy atom. The number of carbonyl (C=O) groups is 2. The van der Waals surface area contributed by atoms with E-state index in [2.05, 4.69) is 4.74 Å². The number of hydrogen-bond donors (Lipinski definition) is 3. The van der Waals surface area contributed by atoms with Gasteiger partial charge in [-0.05, 0) is 12.5 Å². The largest absolute Gasteiger partial charge is 0.481 e. The van der Waals surface area contributed by atoms with E-state index in [1.165, 1.54) is 6.92 Å². The highest BCUT2D eigenvalue weighted by Gasteiger charge is 2.23. The second-order valence-electron chi connectivity index (χ2n) is 3.98. The summed E-state index contributed by atoms with van der Waals surface area (Å²) >= 11 is 0. The van der Waals surface area contributed by atoms with E-state index in [9.17, 15) is 18.0 Å². The van der Waals surface area contributed by atoms with E-state index >= 15 is 0 Å². The second kappa shape index (κ2) is 7.60. The Kier molecular flexibility index (Phi) is 6.12. The molecule has 1 amide bonds. The normalized spacial score (nSPS) is 12.4. The van der Waals surface area contributed by atoms with Crippen LogP contribution < -0.4 is 9.44 Å². The maximum atomic E-state index is 11.6. The van der Waals surface area contributed by atoms with Crippen molar-refractivity contribution in [3.8, 4) is 0 Å². The number of rotatable bonds is 7. The molecule has 1 aromatic carbocycles. The number of nitrogens with one attached hydrogen (secondary N) is 2. The van der Waals surface area contributed by atoms with Crippen LogP contribution in [-0.4, -0.2) is 38.7 Å². The van der Waals surface area contributed by atoms with Crippen molar-refractivity contribution in [1.29, 1.82) is 0 Å². The fourth-order valence-electron chi connectivity index (χ4n) is 1.53. The number of benzene rings is 1. The first-order valence-electron chi connectivity index (χ1n) is 6.07. The zero-order chi connectivity index (χ0) is 15.9. The molecule has 1 atom stereocenters. The molecule has 0 aliphatic heterocycles. The van der Waals surface area contributed by atoms with E-state index in [1.54, 1.807) is 35.1 Å². The molecular weight excluding hydrogens is 300 g/mol. The van der Waals surface area contributed by atoms with Crippen LogP contribution in [-0.2, 0) is 19.7 Å². The van der Waals surface area contributed by atoms with Crippen molar-refractivity contribution in [2.75, 3.05) is 13.2 Å². The first kappa shape index (κ1) is 16.9. The highest BCUT2D eigenvalue weighted by molar-refractivity contribution is 7.88. The number of amides is 1. The minimum Gasteiger partial charge on any atom is -0.481 e. The SMILES string of the molecule is CCOC(=O)NS(=O)(=O)NCC(C(=O)O)c1ccccc1. The minimum absolute atomic E-state index is 0.0170. The van der Waals surface area contributed by atoms with Crippen LogP contribution in [0.3, 0.4) is 0 Å². The van der Waals surface area contributed by atoms with Gasteiger partial charge in [-0.1, -0.05) is 30.3 Å². The van der Waals surface area contributed by atoms with Crippen LogP contribution in [0, 0.1) is 0 Å². The van der Waals surface area contributed by atoms with Crippen molar-refractivity contribution < 1.29 is 27.9 Å². The van der Waals surface area contributed by atoms with Gasteiger partial charge in [-0.15, -0.1) is 0 Å². The summed E-state index contributed by atoms with van der Waals surface area (Å²) < 4.78 is 31.2. The maximum absolute atomic E-state index is 11.6. The summed E-state index contributed by atoms with van der Waals surface area (Å²) in [6.07, 6.45) is -1.13. The monoisotopic (exact) mass is 316 g/mol. The van der Waals surface area contributed by atoms with Crippen molar-refractivity contribution in [1.82, 2.24) is 9.44 Å². The Bertz CT molecular complexity index is 587. The summed E-state index contributed by atoms with van der Waals surface area (Å²) in [4.78, 5) is 22.2. The van der Waals surface area contributed by atoms with Crippen molar-refractivity contribution in [3.63, 3.8) is 0 Å². The van der Waals surface area contributed by atoms with E-state index in [0.717, 1.165) is 0 Å². The molecule has 0 fully saturated rings. The number of carboxylic acids is 1. The average Bonchev–Trinajstić information content (AvgIpc) is 2.39. The predicted octanol–water partition coefficient (Wildman–Crippen LogP) is 0.435. The quantitative estimate of drug-likeness (QED) is 0.671. The van der Waals surface area contributed by atoms with Gasteiger partial charge in [0.05, 0.1) is 12.5 Å². The lowest BCUT2D eigenvalue weighted by atomic mass is 10.00. The van der Waals surface area contributed by atoms with Crippen molar-refractivity contribution in [3.05, 3.63) is 35.9 Å². The number of ether oxygens (including phenoxy) is 1. The van der Waals surface area contributed by atoms with Crippen LogP contribution >= 0.6 is 0 Å². The number of hydrogen-bond acceptors (Lipinski definition) is 5. The highest BCUT2D eigenvalue weighted by Crippen LogP contribution is 2.14. The van der Waals surface area contributed by atoms with Gasteiger partial charge < -0.3 is 9.84 Å². The van der Waals surface area contributed by atoms with Gasteiger partial charge in [0.1, 0.15) is 0 Å². The third-order valence-corrected chi connectivity index (χ3v) is 3.45. The van der Waals surface area contributed by atoms with Crippen molar-refractivity contribution in [2.45, 2.75) is 12.8 Å². The Hall–Kier alpha value is -2.13. The molecule has 0 aromatic heterocycles. The molecule has 0 bridgehead atoms. The lowest BCUT2D eigenvalue weighted by Crippen LogP contribution is -2.42. The molecule has 0 saturated heterocycles. The molecule has 1 unspecified atom stereocenters. The van der Waals surface area contributed by atoms with Crippen LogP contribution in [0.4, 0.5) is 4.79 Å². The van der Waals surface area contributed by atoms with Gasteiger partial charge in [0.2, 0.25) is 0 Å². The number of carbonyl (C=O) groups excluding carboxylic acids is 1. The van der Waals surface area contributed by atoms with Crippen molar-refractivity contribution >= 4 is 22.3 Å². The molecule has 1 aromatic rings. The smallest absolute Gasteiger partial charge is 0.421 e. The lowest BCUT2D eigenvalue weighted by molar-refractivity contribution is -0.138. The molecule has 116 valence electrons. The van der Waals surface area contributed by atoms with E-state index in [1.807, 2.05) is 4.72 Å². The summed E-state index contributed by atoms with van der Waals surface area (Å²) in [5.74, 6) is -2.25. The van der Waals surface area contributed by atoms with E-state index in [4.69, 9.17) is 5.11 Å². The van der Waals surface area contributed by atoms with Crippen LogP contribution in [0.25, 0.3) is 0 Å². The topological polar surface area (TPSA) is 122 Å². The van der Waals surface area contributed by atoms with Crippen LogP contribution in [0.1, 0.15) is 18.4 Å².